The van der Waals surface area contributed by atoms with Gasteiger partial charge in [-0.1, -0.05) is 48.8 Å². The van der Waals surface area contributed by atoms with Gasteiger partial charge in [0.2, 0.25) is 5.91 Å². The van der Waals surface area contributed by atoms with E-state index in [1.54, 1.807) is 0 Å². The summed E-state index contributed by atoms with van der Waals surface area (Å²) in [7, 11) is 0. The van der Waals surface area contributed by atoms with Gasteiger partial charge in [0.15, 0.2) is 0 Å². The fraction of sp³-hybridized carbons (Fsp3) is 0.500. The van der Waals surface area contributed by atoms with Crippen molar-refractivity contribution in [2.45, 2.75) is 39.8 Å². The maximum absolute atomic E-state index is 12.0. The summed E-state index contributed by atoms with van der Waals surface area (Å²) in [6.45, 7) is 7.83. The highest BCUT2D eigenvalue weighted by Gasteiger charge is 2.28. The van der Waals surface area contributed by atoms with Crippen LogP contribution < -0.4 is 11.1 Å². The van der Waals surface area contributed by atoms with Crippen LogP contribution in [-0.2, 0) is 4.79 Å². The number of carbonyl (C=O) groups is 1. The van der Waals surface area contributed by atoms with E-state index >= 15 is 0 Å². The van der Waals surface area contributed by atoms with Crippen LogP contribution in [0.5, 0.6) is 0 Å². The van der Waals surface area contributed by atoms with E-state index in [1.807, 2.05) is 52.0 Å². The Morgan fingerprint density at radius 2 is 2.00 bits per heavy atom. The van der Waals surface area contributed by atoms with Gasteiger partial charge in [-0.25, -0.2) is 0 Å². The summed E-state index contributed by atoms with van der Waals surface area (Å²) in [5, 5.41) is 2.94. The van der Waals surface area contributed by atoms with Gasteiger partial charge in [0.05, 0.1) is 12.1 Å². The number of halogens is 1. The maximum atomic E-state index is 12.0. The van der Waals surface area contributed by atoms with Crippen LogP contribution in [0.15, 0.2) is 28.7 Å². The molecule has 1 aromatic carbocycles. The average Bonchev–Trinajstić information content (AvgIpc) is 2.26. The second-order valence-electron chi connectivity index (χ2n) is 5.63. The predicted molar refractivity (Wildman–Crippen MR) is 78.1 cm³/mol. The highest BCUT2D eigenvalue weighted by atomic mass is 79.9. The number of hydrogen-bond donors (Lipinski definition) is 2. The summed E-state index contributed by atoms with van der Waals surface area (Å²) in [5.41, 5.74) is 6.75. The van der Waals surface area contributed by atoms with E-state index in [-0.39, 0.29) is 17.4 Å². The first-order chi connectivity index (χ1) is 8.21. The predicted octanol–water partition coefficient (Wildman–Crippen LogP) is 3.00. The molecule has 3 nitrogen and oxygen atoms in total. The molecule has 4 heteroatoms. The molecule has 0 heterocycles. The molecule has 18 heavy (non-hydrogen) atoms. The zero-order valence-corrected chi connectivity index (χ0v) is 12.9. The van der Waals surface area contributed by atoms with Crippen molar-refractivity contribution in [3.8, 4) is 0 Å². The van der Waals surface area contributed by atoms with Gasteiger partial charge < -0.3 is 11.1 Å². The molecule has 0 aliphatic heterocycles. The lowest BCUT2D eigenvalue weighted by molar-refractivity contribution is -0.125. The topological polar surface area (TPSA) is 55.1 Å². The fourth-order valence-electron chi connectivity index (χ4n) is 1.56. The molecule has 1 unspecified atom stereocenters. The molecule has 0 radical (unpaired) electrons. The van der Waals surface area contributed by atoms with E-state index in [0.717, 1.165) is 10.0 Å². The highest BCUT2D eigenvalue weighted by Crippen LogP contribution is 2.20. The van der Waals surface area contributed by atoms with Gasteiger partial charge in [0, 0.05) is 4.47 Å². The van der Waals surface area contributed by atoms with E-state index in [1.165, 1.54) is 0 Å². The number of nitrogens with two attached hydrogens (primary N) is 1. The van der Waals surface area contributed by atoms with Crippen LogP contribution in [-0.4, -0.2) is 11.9 Å². The number of amides is 1. The van der Waals surface area contributed by atoms with Crippen LogP contribution in [0, 0.1) is 5.41 Å². The number of carbonyl (C=O) groups excluding carboxylic acids is 1. The number of rotatable bonds is 3. The van der Waals surface area contributed by atoms with E-state index < -0.39 is 6.04 Å². The van der Waals surface area contributed by atoms with Crippen LogP contribution >= 0.6 is 15.9 Å². The molecular weight excluding hydrogens is 292 g/mol. The van der Waals surface area contributed by atoms with Crippen molar-refractivity contribution in [2.75, 3.05) is 0 Å². The Morgan fingerprint density at radius 3 is 2.50 bits per heavy atom. The third-order valence-corrected chi connectivity index (χ3v) is 3.42. The van der Waals surface area contributed by atoms with Crippen LogP contribution in [0.3, 0.4) is 0 Å². The second kappa shape index (κ2) is 5.85. The lowest BCUT2D eigenvalue weighted by atomic mass is 9.86. The van der Waals surface area contributed by atoms with Crippen molar-refractivity contribution >= 4 is 21.8 Å². The standard InChI is InChI=1S/C14H21BrN2O/c1-9(10-6-5-7-11(15)8-10)17-13(18)12(16)14(2,3)4/h5-9,12H,16H2,1-4H3,(H,17,18)/t9-,12?/m1/s1. The molecule has 0 aliphatic carbocycles. The van der Waals surface area contributed by atoms with E-state index in [0.29, 0.717) is 0 Å². The first-order valence-electron chi connectivity index (χ1n) is 6.03. The number of benzene rings is 1. The number of hydrogen-bond acceptors (Lipinski definition) is 2. The van der Waals surface area contributed by atoms with Gasteiger partial charge in [-0.2, -0.15) is 0 Å². The fourth-order valence-corrected chi connectivity index (χ4v) is 1.97. The van der Waals surface area contributed by atoms with E-state index in [2.05, 4.69) is 21.2 Å². The van der Waals surface area contributed by atoms with Crippen molar-refractivity contribution in [3.63, 3.8) is 0 Å². The Kier molecular flexibility index (Phi) is 4.93. The molecular formula is C14H21BrN2O. The highest BCUT2D eigenvalue weighted by molar-refractivity contribution is 9.10. The summed E-state index contributed by atoms with van der Waals surface area (Å²) < 4.78 is 1.00. The molecule has 0 fully saturated rings. The summed E-state index contributed by atoms with van der Waals surface area (Å²) in [6.07, 6.45) is 0. The van der Waals surface area contributed by atoms with Crippen molar-refractivity contribution in [1.29, 1.82) is 0 Å². The first kappa shape index (κ1) is 15.2. The van der Waals surface area contributed by atoms with Gasteiger partial charge in [-0.3, -0.25) is 4.79 Å². The molecule has 0 aromatic heterocycles. The summed E-state index contributed by atoms with van der Waals surface area (Å²) in [4.78, 5) is 12.0. The quantitative estimate of drug-likeness (QED) is 0.901. The molecule has 1 amide bonds. The van der Waals surface area contributed by atoms with Gasteiger partial charge in [0.25, 0.3) is 0 Å². The van der Waals surface area contributed by atoms with Gasteiger partial charge >= 0.3 is 0 Å². The Labute approximate surface area is 117 Å². The number of nitrogens with one attached hydrogen (secondary N) is 1. The molecule has 1 rings (SSSR count). The monoisotopic (exact) mass is 312 g/mol. The molecule has 0 aliphatic rings. The van der Waals surface area contributed by atoms with Crippen molar-refractivity contribution in [2.24, 2.45) is 11.1 Å². The van der Waals surface area contributed by atoms with Gasteiger partial charge in [0.1, 0.15) is 0 Å². The average molecular weight is 313 g/mol. The first-order valence-corrected chi connectivity index (χ1v) is 6.82. The second-order valence-corrected chi connectivity index (χ2v) is 6.54. The molecule has 2 atom stereocenters. The largest absolute Gasteiger partial charge is 0.348 e. The maximum Gasteiger partial charge on any atom is 0.237 e. The Bertz CT molecular complexity index is 426. The minimum atomic E-state index is -0.507. The minimum absolute atomic E-state index is 0.0524. The van der Waals surface area contributed by atoms with E-state index in [4.69, 9.17) is 5.73 Å². The molecule has 0 bridgehead atoms. The van der Waals surface area contributed by atoms with Crippen molar-refractivity contribution < 1.29 is 4.79 Å². The summed E-state index contributed by atoms with van der Waals surface area (Å²) in [5.74, 6) is -0.116. The third-order valence-electron chi connectivity index (χ3n) is 2.92. The van der Waals surface area contributed by atoms with Crippen molar-refractivity contribution in [3.05, 3.63) is 34.3 Å². The van der Waals surface area contributed by atoms with Crippen LogP contribution in [0.2, 0.25) is 0 Å². The molecule has 3 N–H and O–H groups in total. The zero-order valence-electron chi connectivity index (χ0n) is 11.3. The van der Waals surface area contributed by atoms with Crippen LogP contribution in [0.1, 0.15) is 39.3 Å². The Balaban J connectivity index is 2.71. The lowest BCUT2D eigenvalue weighted by Crippen LogP contribution is -2.49. The van der Waals surface area contributed by atoms with Crippen LogP contribution in [0.25, 0.3) is 0 Å². The third kappa shape index (κ3) is 4.10. The molecule has 100 valence electrons. The Hall–Kier alpha value is -0.870. The van der Waals surface area contributed by atoms with E-state index in [9.17, 15) is 4.79 Å². The Morgan fingerprint density at radius 1 is 1.39 bits per heavy atom. The van der Waals surface area contributed by atoms with Gasteiger partial charge in [-0.15, -0.1) is 0 Å². The summed E-state index contributed by atoms with van der Waals surface area (Å²) in [6, 6.07) is 7.33. The molecule has 1 aromatic rings. The normalized spacial score (nSPS) is 15.0. The smallest absolute Gasteiger partial charge is 0.237 e. The lowest BCUT2D eigenvalue weighted by Gasteiger charge is -2.27. The SMILES string of the molecule is C[C@@H](NC(=O)C(N)C(C)(C)C)c1cccc(Br)c1. The molecule has 0 saturated carbocycles. The molecule has 0 spiro atoms. The molecule has 0 saturated heterocycles. The zero-order chi connectivity index (χ0) is 13.9. The minimum Gasteiger partial charge on any atom is -0.348 e. The summed E-state index contributed by atoms with van der Waals surface area (Å²) >= 11 is 3.42. The van der Waals surface area contributed by atoms with Crippen LogP contribution in [0.4, 0.5) is 0 Å². The van der Waals surface area contributed by atoms with Crippen molar-refractivity contribution in [1.82, 2.24) is 5.32 Å². The van der Waals surface area contributed by atoms with Gasteiger partial charge in [-0.05, 0) is 30.0 Å².